The van der Waals surface area contributed by atoms with Gasteiger partial charge in [-0.1, -0.05) is 34.5 Å². The summed E-state index contributed by atoms with van der Waals surface area (Å²) in [5, 5.41) is 1.74. The molecular weight excluding hydrogens is 397 g/mol. The van der Waals surface area contributed by atoms with Gasteiger partial charge in [0.2, 0.25) is 0 Å². The van der Waals surface area contributed by atoms with Crippen LogP contribution in [-0.2, 0) is 0 Å². The van der Waals surface area contributed by atoms with Gasteiger partial charge in [-0.05, 0) is 36.8 Å². The maximum Gasteiger partial charge on any atom is 0.264 e. The summed E-state index contributed by atoms with van der Waals surface area (Å²) < 4.78 is 1.79. The zero-order valence-corrected chi connectivity index (χ0v) is 16.6. The van der Waals surface area contributed by atoms with Gasteiger partial charge in [-0.3, -0.25) is 4.79 Å². The van der Waals surface area contributed by atoms with Gasteiger partial charge in [0.05, 0.1) is 19.4 Å². The predicted octanol–water partition coefficient (Wildman–Crippen LogP) is 4.94. The molecule has 1 amide bonds. The van der Waals surface area contributed by atoms with Crippen LogP contribution in [0.4, 0.5) is 5.13 Å². The Hall–Kier alpha value is -1.34. The highest BCUT2D eigenvalue weighted by atomic mass is 35.5. The molecule has 0 atom stereocenters. The average molecular weight is 412 g/mol. The first-order chi connectivity index (χ1) is 12.0. The Labute approximate surface area is 163 Å². The number of nitrogens with zero attached hydrogens (tertiary/aromatic N) is 3. The Morgan fingerprint density at radius 1 is 1.08 bits per heavy atom. The largest absolute Gasteiger partial charge is 0.345 e. The molecule has 1 aromatic carbocycles. The summed E-state index contributed by atoms with van der Waals surface area (Å²) in [5.41, 5.74) is 1.99. The van der Waals surface area contributed by atoms with E-state index < -0.39 is 0 Å². The molecule has 0 aliphatic carbocycles. The van der Waals surface area contributed by atoms with Crippen LogP contribution in [0.3, 0.4) is 0 Å². The molecule has 1 saturated heterocycles. The van der Waals surface area contributed by atoms with Gasteiger partial charge >= 0.3 is 0 Å². The van der Waals surface area contributed by atoms with E-state index in [0.29, 0.717) is 22.3 Å². The Morgan fingerprint density at radius 3 is 2.52 bits per heavy atom. The number of carbonyl (C=O) groups is 1. The molecule has 130 valence electrons. The summed E-state index contributed by atoms with van der Waals surface area (Å²) in [6, 6.07) is 7.50. The summed E-state index contributed by atoms with van der Waals surface area (Å²) in [6.45, 7) is 4.92. The molecule has 0 saturated carbocycles. The van der Waals surface area contributed by atoms with Crippen LogP contribution in [-0.4, -0.2) is 42.0 Å². The van der Waals surface area contributed by atoms with Crippen LogP contribution in [0.5, 0.6) is 0 Å². The summed E-state index contributed by atoms with van der Waals surface area (Å²) in [5.74, 6) is 0.0588. The van der Waals surface area contributed by atoms with Gasteiger partial charge in [0.25, 0.3) is 5.91 Å². The van der Waals surface area contributed by atoms with Crippen molar-refractivity contribution in [3.63, 3.8) is 0 Å². The van der Waals surface area contributed by atoms with Crippen molar-refractivity contribution in [2.45, 2.75) is 6.92 Å². The van der Waals surface area contributed by atoms with Crippen LogP contribution in [0.25, 0.3) is 10.2 Å². The van der Waals surface area contributed by atoms with Crippen LogP contribution in [0.1, 0.15) is 15.2 Å². The second kappa shape index (κ2) is 6.76. The Bertz CT molecular complexity index is 945. The maximum atomic E-state index is 12.5. The summed E-state index contributed by atoms with van der Waals surface area (Å²) in [6.07, 6.45) is 0. The van der Waals surface area contributed by atoms with E-state index >= 15 is 0 Å². The fourth-order valence-corrected chi connectivity index (χ4v) is 5.15. The van der Waals surface area contributed by atoms with Gasteiger partial charge in [0, 0.05) is 31.2 Å². The summed E-state index contributed by atoms with van der Waals surface area (Å²) in [4.78, 5) is 22.1. The highest BCUT2D eigenvalue weighted by Gasteiger charge is 2.25. The minimum atomic E-state index is 0.0588. The number of thiazole rings is 1. The number of amides is 1. The van der Waals surface area contributed by atoms with E-state index in [1.54, 1.807) is 23.5 Å². The van der Waals surface area contributed by atoms with Gasteiger partial charge in [-0.15, -0.1) is 11.3 Å². The van der Waals surface area contributed by atoms with E-state index in [1.807, 2.05) is 24.0 Å². The Morgan fingerprint density at radius 2 is 1.84 bits per heavy atom. The lowest BCUT2D eigenvalue weighted by Crippen LogP contribution is -2.48. The first-order valence-corrected chi connectivity index (χ1v) is 10.3. The van der Waals surface area contributed by atoms with Crippen molar-refractivity contribution < 1.29 is 4.79 Å². The number of carbonyl (C=O) groups excluding carboxylic acids is 1. The number of thiophene rings is 1. The zero-order chi connectivity index (χ0) is 17.6. The normalized spacial score (nSPS) is 15.2. The van der Waals surface area contributed by atoms with E-state index in [0.717, 1.165) is 39.0 Å². The topological polar surface area (TPSA) is 36.4 Å². The van der Waals surface area contributed by atoms with Crippen LogP contribution in [0.15, 0.2) is 24.3 Å². The molecule has 1 fully saturated rings. The number of halogens is 2. The fraction of sp³-hybridized carbons (Fsp3) is 0.294. The third kappa shape index (κ3) is 3.24. The average Bonchev–Trinajstić information content (AvgIpc) is 3.24. The monoisotopic (exact) mass is 411 g/mol. The van der Waals surface area contributed by atoms with Gasteiger partial charge < -0.3 is 9.80 Å². The van der Waals surface area contributed by atoms with Crippen LogP contribution in [0.2, 0.25) is 9.36 Å². The number of benzene rings is 1. The minimum Gasteiger partial charge on any atom is -0.345 e. The van der Waals surface area contributed by atoms with Crippen LogP contribution in [0, 0.1) is 6.92 Å². The molecule has 4 nitrogen and oxygen atoms in total. The number of aromatic nitrogens is 1. The van der Waals surface area contributed by atoms with E-state index in [1.165, 1.54) is 11.3 Å². The molecule has 0 bridgehead atoms. The number of anilines is 1. The minimum absolute atomic E-state index is 0.0588. The number of piperazine rings is 1. The SMILES string of the molecule is Cc1c(Cl)ccc2sc(N3CCN(C(=O)c4ccc(Cl)s4)CC3)nc12. The van der Waals surface area contributed by atoms with Crippen molar-refractivity contribution in [3.8, 4) is 0 Å². The molecule has 1 aliphatic heterocycles. The van der Waals surface area contributed by atoms with Crippen LogP contribution < -0.4 is 4.90 Å². The molecule has 3 aromatic rings. The molecule has 1 aliphatic rings. The van der Waals surface area contributed by atoms with Crippen molar-refractivity contribution in [1.29, 1.82) is 0 Å². The second-order valence-electron chi connectivity index (χ2n) is 5.90. The van der Waals surface area contributed by atoms with E-state index in [4.69, 9.17) is 28.2 Å². The standard InChI is InChI=1S/C17H15Cl2N3OS2/c1-10-11(18)2-3-12-15(10)20-17(25-12)22-8-6-21(7-9-22)16(23)13-4-5-14(19)24-13/h2-5H,6-9H2,1H3. The van der Waals surface area contributed by atoms with Crippen molar-refractivity contribution >= 4 is 67.1 Å². The van der Waals surface area contributed by atoms with Crippen molar-refractivity contribution in [2.24, 2.45) is 0 Å². The Balaban J connectivity index is 1.48. The number of hydrogen-bond acceptors (Lipinski definition) is 5. The number of aryl methyl sites for hydroxylation is 1. The Kier molecular flexibility index (Phi) is 4.62. The second-order valence-corrected chi connectivity index (χ2v) is 9.03. The quantitative estimate of drug-likeness (QED) is 0.599. The van der Waals surface area contributed by atoms with E-state index in [9.17, 15) is 4.79 Å². The van der Waals surface area contributed by atoms with Gasteiger partial charge in [-0.2, -0.15) is 0 Å². The van der Waals surface area contributed by atoms with Gasteiger partial charge in [0.15, 0.2) is 5.13 Å². The molecule has 8 heteroatoms. The predicted molar refractivity (Wildman–Crippen MR) is 107 cm³/mol. The molecule has 4 rings (SSSR count). The van der Waals surface area contributed by atoms with E-state index in [-0.39, 0.29) is 5.91 Å². The fourth-order valence-electron chi connectivity index (χ4n) is 2.91. The molecule has 0 radical (unpaired) electrons. The van der Waals surface area contributed by atoms with Gasteiger partial charge in [-0.25, -0.2) is 4.98 Å². The molecule has 3 heterocycles. The van der Waals surface area contributed by atoms with Crippen molar-refractivity contribution in [3.05, 3.63) is 44.1 Å². The molecule has 0 spiro atoms. The summed E-state index contributed by atoms with van der Waals surface area (Å²) in [7, 11) is 0. The highest BCUT2D eigenvalue weighted by molar-refractivity contribution is 7.22. The number of fused-ring (bicyclic) bond motifs is 1. The van der Waals surface area contributed by atoms with Gasteiger partial charge in [0.1, 0.15) is 0 Å². The van der Waals surface area contributed by atoms with Crippen molar-refractivity contribution in [1.82, 2.24) is 9.88 Å². The molecule has 2 aromatic heterocycles. The first-order valence-electron chi connectivity index (χ1n) is 7.88. The molecule has 0 unspecified atom stereocenters. The third-order valence-electron chi connectivity index (χ3n) is 4.36. The number of rotatable bonds is 2. The maximum absolute atomic E-state index is 12.5. The molecule has 25 heavy (non-hydrogen) atoms. The highest BCUT2D eigenvalue weighted by Crippen LogP contribution is 2.34. The van der Waals surface area contributed by atoms with E-state index in [2.05, 4.69) is 4.90 Å². The first kappa shape index (κ1) is 17.1. The summed E-state index contributed by atoms with van der Waals surface area (Å²) >= 11 is 15.1. The molecular formula is C17H15Cl2N3OS2. The lowest BCUT2D eigenvalue weighted by Gasteiger charge is -2.34. The molecule has 0 N–H and O–H groups in total. The smallest absolute Gasteiger partial charge is 0.264 e. The lowest BCUT2D eigenvalue weighted by atomic mass is 10.2. The lowest BCUT2D eigenvalue weighted by molar-refractivity contribution is 0.0751. The third-order valence-corrected chi connectivity index (χ3v) is 7.07. The number of hydrogen-bond donors (Lipinski definition) is 0. The van der Waals surface area contributed by atoms with Crippen molar-refractivity contribution in [2.75, 3.05) is 31.1 Å². The zero-order valence-electron chi connectivity index (χ0n) is 13.5. The van der Waals surface area contributed by atoms with Crippen LogP contribution >= 0.6 is 45.9 Å².